The molecule has 0 unspecified atom stereocenters. The summed E-state index contributed by atoms with van der Waals surface area (Å²) in [7, 11) is 0. The van der Waals surface area contributed by atoms with Crippen LogP contribution in [-0.4, -0.2) is 25.1 Å². The Morgan fingerprint density at radius 3 is 2.82 bits per heavy atom. The normalized spacial score (nSPS) is 16.1. The highest BCUT2D eigenvalue weighted by atomic mass is 19.1. The highest BCUT2D eigenvalue weighted by molar-refractivity contribution is 5.59. The molecule has 0 radical (unpaired) electrons. The van der Waals surface area contributed by atoms with Crippen molar-refractivity contribution in [2.24, 2.45) is 0 Å². The van der Waals surface area contributed by atoms with Crippen molar-refractivity contribution in [1.82, 2.24) is 25.1 Å². The van der Waals surface area contributed by atoms with Gasteiger partial charge in [-0.05, 0) is 30.7 Å². The monoisotopic (exact) mass is 377 g/mol. The molecular formula is C20H16FN5O2. The number of ether oxygens (including phenoxy) is 1. The number of hydrogen-bond donors (Lipinski definition) is 0. The topological polar surface area (TPSA) is 78.9 Å². The number of fused-ring (bicyclic) bond motifs is 1. The second-order valence-electron chi connectivity index (χ2n) is 6.71. The fourth-order valence-electron chi connectivity index (χ4n) is 3.28. The third-order valence-electron chi connectivity index (χ3n) is 4.74. The summed E-state index contributed by atoms with van der Waals surface area (Å²) in [5.41, 5.74) is 4.18. The lowest BCUT2D eigenvalue weighted by Crippen LogP contribution is -2.22. The molecule has 8 heteroatoms. The largest absolute Gasteiger partial charge is 0.365 e. The van der Waals surface area contributed by atoms with Gasteiger partial charge in [0.25, 0.3) is 5.89 Å². The van der Waals surface area contributed by atoms with Crippen LogP contribution in [0.25, 0.3) is 23.0 Å². The lowest BCUT2D eigenvalue weighted by molar-refractivity contribution is -0.00120. The van der Waals surface area contributed by atoms with Crippen molar-refractivity contribution in [3.8, 4) is 23.0 Å². The summed E-state index contributed by atoms with van der Waals surface area (Å²) in [5, 5.41) is 12.5. The molecule has 0 spiro atoms. The summed E-state index contributed by atoms with van der Waals surface area (Å²) in [4.78, 5) is 4.47. The van der Waals surface area contributed by atoms with Gasteiger partial charge in [0.2, 0.25) is 5.82 Å². The van der Waals surface area contributed by atoms with Crippen LogP contribution in [0, 0.1) is 12.7 Å². The van der Waals surface area contributed by atoms with Gasteiger partial charge in [0, 0.05) is 5.56 Å². The lowest BCUT2D eigenvalue weighted by Gasteiger charge is -2.24. The minimum Gasteiger partial charge on any atom is -0.365 e. The highest BCUT2D eigenvalue weighted by Gasteiger charge is 2.28. The van der Waals surface area contributed by atoms with Crippen LogP contribution in [0.4, 0.5) is 4.39 Å². The second kappa shape index (κ2) is 6.65. The first-order valence-electron chi connectivity index (χ1n) is 8.88. The number of halogens is 1. The zero-order chi connectivity index (χ0) is 19.1. The van der Waals surface area contributed by atoms with Gasteiger partial charge in [-0.3, -0.25) is 0 Å². The summed E-state index contributed by atoms with van der Waals surface area (Å²) < 4.78 is 26.3. The molecule has 5 rings (SSSR count). The third-order valence-corrected chi connectivity index (χ3v) is 4.74. The van der Waals surface area contributed by atoms with Crippen LogP contribution in [0.3, 0.4) is 0 Å². The molecule has 0 saturated heterocycles. The molecule has 4 aromatic rings. The Morgan fingerprint density at radius 2 is 2.00 bits per heavy atom. The Balaban J connectivity index is 1.42. The standard InChI is InChI=1S/C20H16FN5O2/c1-12-3-2-4-14(9-12)19-22-20(28-24-19)18-16-11-27-17(10-26(16)25-23-18)13-5-7-15(21)8-6-13/h2-9,17H,10-11H2,1H3/t17-/m1/s1. The summed E-state index contributed by atoms with van der Waals surface area (Å²) in [6.07, 6.45) is -0.215. The lowest BCUT2D eigenvalue weighted by atomic mass is 10.1. The van der Waals surface area contributed by atoms with E-state index in [4.69, 9.17) is 9.26 Å². The van der Waals surface area contributed by atoms with E-state index in [9.17, 15) is 4.39 Å². The molecule has 140 valence electrons. The van der Waals surface area contributed by atoms with E-state index in [0.717, 1.165) is 22.4 Å². The molecule has 1 atom stereocenters. The van der Waals surface area contributed by atoms with Gasteiger partial charge < -0.3 is 9.26 Å². The van der Waals surface area contributed by atoms with Gasteiger partial charge in [0.15, 0.2) is 5.69 Å². The van der Waals surface area contributed by atoms with Crippen molar-refractivity contribution in [2.75, 3.05) is 0 Å². The van der Waals surface area contributed by atoms with Gasteiger partial charge in [0.05, 0.1) is 18.8 Å². The van der Waals surface area contributed by atoms with E-state index in [2.05, 4.69) is 20.5 Å². The van der Waals surface area contributed by atoms with Crippen LogP contribution >= 0.6 is 0 Å². The average molecular weight is 377 g/mol. The molecule has 0 aliphatic carbocycles. The van der Waals surface area contributed by atoms with E-state index in [1.54, 1.807) is 16.8 Å². The van der Waals surface area contributed by atoms with Crippen LogP contribution in [0.15, 0.2) is 53.1 Å². The molecular weight excluding hydrogens is 361 g/mol. The van der Waals surface area contributed by atoms with Crippen LogP contribution in [0.2, 0.25) is 0 Å². The predicted octanol–water partition coefficient (Wildman–Crippen LogP) is 3.71. The smallest absolute Gasteiger partial charge is 0.280 e. The number of aryl methyl sites for hydroxylation is 1. The molecule has 1 aliphatic rings. The molecule has 3 heterocycles. The molecule has 28 heavy (non-hydrogen) atoms. The van der Waals surface area contributed by atoms with Crippen molar-refractivity contribution in [3.05, 3.63) is 71.2 Å². The van der Waals surface area contributed by atoms with Gasteiger partial charge in [-0.15, -0.1) is 5.10 Å². The minimum absolute atomic E-state index is 0.215. The van der Waals surface area contributed by atoms with Crippen LogP contribution in [-0.2, 0) is 17.9 Å². The molecule has 1 aliphatic heterocycles. The molecule has 0 saturated carbocycles. The number of aromatic nitrogens is 5. The maximum atomic E-state index is 13.1. The summed E-state index contributed by atoms with van der Waals surface area (Å²) in [6, 6.07) is 14.2. The first-order valence-corrected chi connectivity index (χ1v) is 8.88. The van der Waals surface area contributed by atoms with Crippen LogP contribution in [0.1, 0.15) is 22.9 Å². The first kappa shape index (κ1) is 16.8. The number of benzene rings is 2. The summed E-state index contributed by atoms with van der Waals surface area (Å²) >= 11 is 0. The maximum Gasteiger partial charge on any atom is 0.280 e. The molecule has 0 N–H and O–H groups in total. The zero-order valence-corrected chi connectivity index (χ0v) is 15.0. The Labute approximate surface area is 159 Å². The van der Waals surface area contributed by atoms with E-state index < -0.39 is 0 Å². The maximum absolute atomic E-state index is 13.1. The fourth-order valence-corrected chi connectivity index (χ4v) is 3.28. The van der Waals surface area contributed by atoms with Gasteiger partial charge in [-0.1, -0.05) is 46.3 Å². The van der Waals surface area contributed by atoms with E-state index in [1.165, 1.54) is 12.1 Å². The van der Waals surface area contributed by atoms with E-state index in [0.29, 0.717) is 30.6 Å². The van der Waals surface area contributed by atoms with Gasteiger partial charge >= 0.3 is 0 Å². The van der Waals surface area contributed by atoms with Gasteiger partial charge in [0.1, 0.15) is 11.9 Å². The van der Waals surface area contributed by atoms with Crippen molar-refractivity contribution in [3.63, 3.8) is 0 Å². The van der Waals surface area contributed by atoms with Gasteiger partial charge in [-0.2, -0.15) is 4.98 Å². The Bertz CT molecular complexity index is 1140. The molecule has 0 bridgehead atoms. The van der Waals surface area contributed by atoms with Gasteiger partial charge in [-0.25, -0.2) is 9.07 Å². The number of hydrogen-bond acceptors (Lipinski definition) is 6. The van der Waals surface area contributed by atoms with Crippen LogP contribution in [0.5, 0.6) is 0 Å². The van der Waals surface area contributed by atoms with E-state index >= 15 is 0 Å². The molecule has 0 fully saturated rings. The van der Waals surface area contributed by atoms with Crippen LogP contribution < -0.4 is 0 Å². The molecule has 7 nitrogen and oxygen atoms in total. The number of nitrogens with zero attached hydrogens (tertiary/aromatic N) is 5. The van der Waals surface area contributed by atoms with Crippen molar-refractivity contribution >= 4 is 0 Å². The number of rotatable bonds is 3. The minimum atomic E-state index is -0.274. The Morgan fingerprint density at radius 1 is 1.14 bits per heavy atom. The Hall–Kier alpha value is -3.39. The summed E-state index contributed by atoms with van der Waals surface area (Å²) in [5.74, 6) is 0.534. The average Bonchev–Trinajstić information content (AvgIpc) is 3.35. The third kappa shape index (κ3) is 2.97. The van der Waals surface area contributed by atoms with E-state index in [-0.39, 0.29) is 11.9 Å². The highest BCUT2D eigenvalue weighted by Crippen LogP contribution is 2.31. The van der Waals surface area contributed by atoms with E-state index in [1.807, 2.05) is 31.2 Å². The molecule has 2 aromatic heterocycles. The fraction of sp³-hybridized carbons (Fsp3) is 0.200. The summed E-state index contributed by atoms with van der Waals surface area (Å²) in [6.45, 7) is 2.79. The van der Waals surface area contributed by atoms with Crippen molar-refractivity contribution in [1.29, 1.82) is 0 Å². The first-order chi connectivity index (χ1) is 13.7. The quantitative estimate of drug-likeness (QED) is 0.541. The van der Waals surface area contributed by atoms with Crippen molar-refractivity contribution in [2.45, 2.75) is 26.2 Å². The molecule has 0 amide bonds. The molecule has 2 aromatic carbocycles. The van der Waals surface area contributed by atoms with Crippen molar-refractivity contribution < 1.29 is 13.7 Å². The predicted molar refractivity (Wildman–Crippen MR) is 97.4 cm³/mol. The second-order valence-corrected chi connectivity index (χ2v) is 6.71. The zero-order valence-electron chi connectivity index (χ0n) is 15.0. The Kier molecular flexibility index (Phi) is 3.98. The SMILES string of the molecule is Cc1cccc(-c2noc(-c3nnn4c3CO[C@@H](c3ccc(F)cc3)C4)n2)c1.